The van der Waals surface area contributed by atoms with Crippen LogP contribution >= 0.6 is 12.6 Å². The Labute approximate surface area is 209 Å². The second kappa shape index (κ2) is 13.5. The van der Waals surface area contributed by atoms with Crippen molar-refractivity contribution in [2.75, 3.05) is 5.75 Å². The summed E-state index contributed by atoms with van der Waals surface area (Å²) in [6.07, 6.45) is 1.47. The molecule has 1 aromatic rings. The fraction of sp³-hybridized carbons (Fsp3) is 0.640. The van der Waals surface area contributed by atoms with Crippen molar-refractivity contribution in [1.82, 2.24) is 15.5 Å². The van der Waals surface area contributed by atoms with Crippen LogP contribution in [-0.2, 0) is 14.3 Å². The minimum absolute atomic E-state index is 0.00631. The van der Waals surface area contributed by atoms with Crippen molar-refractivity contribution < 1.29 is 24.2 Å². The zero-order valence-corrected chi connectivity index (χ0v) is 22.3. The Balaban J connectivity index is 3.44. The van der Waals surface area contributed by atoms with Gasteiger partial charge >= 0.3 is 6.09 Å². The van der Waals surface area contributed by atoms with Crippen LogP contribution in [0.5, 0.6) is 5.75 Å². The lowest BCUT2D eigenvalue weighted by atomic mass is 9.98. The maximum absolute atomic E-state index is 13.8. The number of carbonyl (C=O) groups is 3. The molecule has 3 amide bonds. The molecule has 0 spiro atoms. The summed E-state index contributed by atoms with van der Waals surface area (Å²) in [5.74, 6) is -0.964. The molecule has 0 aromatic heterocycles. The number of para-hydroxylation sites is 1. The van der Waals surface area contributed by atoms with E-state index in [-0.39, 0.29) is 23.6 Å². The molecule has 9 heteroatoms. The van der Waals surface area contributed by atoms with Crippen LogP contribution in [0, 0.1) is 0 Å². The Kier molecular flexibility index (Phi) is 11.7. The van der Waals surface area contributed by atoms with Gasteiger partial charge in [0.2, 0.25) is 11.8 Å². The molecule has 0 aliphatic rings. The average Bonchev–Trinajstić information content (AvgIpc) is 2.74. The molecule has 0 saturated heterocycles. The number of hydrogen-bond acceptors (Lipinski definition) is 6. The van der Waals surface area contributed by atoms with E-state index in [0.29, 0.717) is 12.0 Å². The van der Waals surface area contributed by atoms with Gasteiger partial charge in [0.15, 0.2) is 0 Å². The van der Waals surface area contributed by atoms with E-state index >= 15 is 0 Å². The standard InChI is InChI=1S/C25H41N3O5S/c1-8-12-16(3)26-22(30)21(18-13-10-11-14-20(18)29)28(17(4)9-2)23(31)19(15-34)27-24(32)33-25(5,6)7/h10-11,13-14,16-17,19,21,29,34H,8-9,12,15H2,1-7H3,(H,26,30)(H,27,32). The quantitative estimate of drug-likeness (QED) is 0.344. The summed E-state index contributed by atoms with van der Waals surface area (Å²) < 4.78 is 5.30. The zero-order valence-electron chi connectivity index (χ0n) is 21.4. The molecule has 0 bridgehead atoms. The topological polar surface area (TPSA) is 108 Å². The Bertz CT molecular complexity index is 827. The van der Waals surface area contributed by atoms with Crippen molar-refractivity contribution in [2.24, 2.45) is 0 Å². The number of alkyl carbamates (subject to hydrolysis) is 1. The summed E-state index contributed by atoms with van der Waals surface area (Å²) in [6, 6.07) is 3.88. The number of hydrogen-bond donors (Lipinski definition) is 4. The van der Waals surface area contributed by atoms with Crippen molar-refractivity contribution in [3.05, 3.63) is 29.8 Å². The lowest BCUT2D eigenvalue weighted by Gasteiger charge is -2.38. The van der Waals surface area contributed by atoms with E-state index in [1.807, 2.05) is 27.7 Å². The van der Waals surface area contributed by atoms with E-state index in [2.05, 4.69) is 23.3 Å². The average molecular weight is 496 g/mol. The number of nitrogens with one attached hydrogen (secondary N) is 2. The molecule has 4 unspecified atom stereocenters. The fourth-order valence-corrected chi connectivity index (χ4v) is 3.82. The maximum atomic E-state index is 13.8. The van der Waals surface area contributed by atoms with Crippen LogP contribution in [0.3, 0.4) is 0 Å². The molecule has 0 saturated carbocycles. The molecule has 4 atom stereocenters. The Morgan fingerprint density at radius 2 is 1.74 bits per heavy atom. The van der Waals surface area contributed by atoms with Crippen molar-refractivity contribution in [3.8, 4) is 5.75 Å². The monoisotopic (exact) mass is 495 g/mol. The number of phenols is 1. The highest BCUT2D eigenvalue weighted by Crippen LogP contribution is 2.32. The predicted molar refractivity (Wildman–Crippen MR) is 137 cm³/mol. The minimum atomic E-state index is -1.09. The summed E-state index contributed by atoms with van der Waals surface area (Å²) in [7, 11) is 0. The molecule has 1 rings (SSSR count). The van der Waals surface area contributed by atoms with Crippen LogP contribution in [0.15, 0.2) is 24.3 Å². The third kappa shape index (κ3) is 8.74. The number of rotatable bonds is 11. The number of nitrogens with zero attached hydrogens (tertiary/aromatic N) is 1. The predicted octanol–water partition coefficient (Wildman–Crippen LogP) is 4.19. The first kappa shape index (κ1) is 29.6. The molecule has 3 N–H and O–H groups in total. The smallest absolute Gasteiger partial charge is 0.408 e. The third-order valence-corrected chi connectivity index (χ3v) is 5.73. The highest BCUT2D eigenvalue weighted by atomic mass is 32.1. The highest BCUT2D eigenvalue weighted by Gasteiger charge is 2.39. The van der Waals surface area contributed by atoms with Gasteiger partial charge in [0.05, 0.1) is 0 Å². The van der Waals surface area contributed by atoms with E-state index in [1.165, 1.54) is 11.0 Å². The largest absolute Gasteiger partial charge is 0.508 e. The minimum Gasteiger partial charge on any atom is -0.508 e. The van der Waals surface area contributed by atoms with Crippen LogP contribution in [-0.4, -0.2) is 57.4 Å². The lowest BCUT2D eigenvalue weighted by Crippen LogP contribution is -2.56. The van der Waals surface area contributed by atoms with E-state index in [9.17, 15) is 19.5 Å². The van der Waals surface area contributed by atoms with Gasteiger partial charge in [-0.1, -0.05) is 38.5 Å². The van der Waals surface area contributed by atoms with Gasteiger partial charge in [0, 0.05) is 23.4 Å². The first-order valence-corrected chi connectivity index (χ1v) is 12.5. The van der Waals surface area contributed by atoms with Crippen molar-refractivity contribution in [1.29, 1.82) is 0 Å². The lowest BCUT2D eigenvalue weighted by molar-refractivity contribution is -0.145. The molecule has 0 aliphatic heterocycles. The molecule has 34 heavy (non-hydrogen) atoms. The van der Waals surface area contributed by atoms with Gasteiger partial charge in [-0.2, -0.15) is 12.6 Å². The van der Waals surface area contributed by atoms with E-state index in [0.717, 1.165) is 12.8 Å². The maximum Gasteiger partial charge on any atom is 0.408 e. The molecule has 0 heterocycles. The van der Waals surface area contributed by atoms with Crippen LogP contribution < -0.4 is 10.6 Å². The number of aromatic hydroxyl groups is 1. The van der Waals surface area contributed by atoms with Gasteiger partial charge in [-0.3, -0.25) is 9.59 Å². The number of phenolic OH excluding ortho intramolecular Hbond substituents is 1. The van der Waals surface area contributed by atoms with Crippen molar-refractivity contribution in [2.45, 2.75) is 97.5 Å². The summed E-state index contributed by atoms with van der Waals surface area (Å²) in [5, 5.41) is 16.2. The van der Waals surface area contributed by atoms with E-state index < -0.39 is 35.6 Å². The Morgan fingerprint density at radius 3 is 2.24 bits per heavy atom. The highest BCUT2D eigenvalue weighted by molar-refractivity contribution is 7.80. The molecule has 0 aliphatic carbocycles. The summed E-state index contributed by atoms with van der Waals surface area (Å²) >= 11 is 4.28. The van der Waals surface area contributed by atoms with Gasteiger partial charge in [-0.05, 0) is 53.5 Å². The van der Waals surface area contributed by atoms with Crippen molar-refractivity contribution >= 4 is 30.5 Å². The number of ether oxygens (including phenoxy) is 1. The van der Waals surface area contributed by atoms with Crippen molar-refractivity contribution in [3.63, 3.8) is 0 Å². The van der Waals surface area contributed by atoms with Crippen LogP contribution in [0.4, 0.5) is 4.79 Å². The number of thiol groups is 1. The third-order valence-electron chi connectivity index (χ3n) is 5.36. The fourth-order valence-electron chi connectivity index (χ4n) is 3.57. The first-order chi connectivity index (χ1) is 15.9. The Hall–Kier alpha value is -2.42. The number of carbonyl (C=O) groups excluding carboxylic acids is 3. The molecular weight excluding hydrogens is 454 g/mol. The van der Waals surface area contributed by atoms with Gasteiger partial charge in [-0.15, -0.1) is 0 Å². The molecule has 1 aromatic carbocycles. The number of benzene rings is 1. The van der Waals surface area contributed by atoms with E-state index in [1.54, 1.807) is 39.0 Å². The normalized spacial score (nSPS) is 14.9. The number of amides is 3. The van der Waals surface area contributed by atoms with Crippen LogP contribution in [0.2, 0.25) is 0 Å². The molecule has 0 fully saturated rings. The van der Waals surface area contributed by atoms with Gasteiger partial charge in [0.25, 0.3) is 0 Å². The van der Waals surface area contributed by atoms with Gasteiger partial charge in [0.1, 0.15) is 23.4 Å². The second-order valence-corrected chi connectivity index (χ2v) is 9.91. The molecule has 192 valence electrons. The zero-order chi connectivity index (χ0) is 26.1. The molecule has 8 nitrogen and oxygen atoms in total. The summed E-state index contributed by atoms with van der Waals surface area (Å²) in [6.45, 7) is 12.8. The van der Waals surface area contributed by atoms with Crippen LogP contribution in [0.25, 0.3) is 0 Å². The summed E-state index contributed by atoms with van der Waals surface area (Å²) in [5.41, 5.74) is -0.425. The summed E-state index contributed by atoms with van der Waals surface area (Å²) in [4.78, 5) is 41.1. The van der Waals surface area contributed by atoms with Gasteiger partial charge < -0.3 is 25.4 Å². The SMILES string of the molecule is CCCC(C)NC(=O)C(c1ccccc1O)N(C(=O)C(CS)NC(=O)OC(C)(C)C)C(C)CC. The second-order valence-electron chi connectivity index (χ2n) is 9.54. The van der Waals surface area contributed by atoms with Crippen LogP contribution in [0.1, 0.15) is 79.3 Å². The van der Waals surface area contributed by atoms with E-state index in [4.69, 9.17) is 4.74 Å². The Morgan fingerprint density at radius 1 is 1.12 bits per heavy atom. The van der Waals surface area contributed by atoms with Gasteiger partial charge in [-0.25, -0.2) is 4.79 Å². The molecule has 0 radical (unpaired) electrons. The molecular formula is C25H41N3O5S. The first-order valence-electron chi connectivity index (χ1n) is 11.9.